The van der Waals surface area contributed by atoms with Crippen LogP contribution in [-0.4, -0.2) is 29.7 Å². The van der Waals surface area contributed by atoms with Crippen LogP contribution in [0.2, 0.25) is 0 Å². The van der Waals surface area contributed by atoms with Crippen LogP contribution in [-0.2, 0) is 4.74 Å². The Hall–Kier alpha value is -1.12. The van der Waals surface area contributed by atoms with Gasteiger partial charge in [-0.2, -0.15) is 0 Å². The normalized spacial score (nSPS) is 22.7. The van der Waals surface area contributed by atoms with Gasteiger partial charge in [-0.15, -0.1) is 0 Å². The van der Waals surface area contributed by atoms with Crippen LogP contribution in [0.15, 0.2) is 24.7 Å². The fourth-order valence-corrected chi connectivity index (χ4v) is 1.16. The zero-order valence-corrected chi connectivity index (χ0v) is 8.22. The van der Waals surface area contributed by atoms with Crippen molar-refractivity contribution in [3.63, 3.8) is 0 Å². The van der Waals surface area contributed by atoms with Gasteiger partial charge in [0.2, 0.25) is 5.88 Å². The van der Waals surface area contributed by atoms with Crippen molar-refractivity contribution < 1.29 is 4.74 Å². The van der Waals surface area contributed by atoms with Crippen molar-refractivity contribution in [2.45, 2.75) is 19.4 Å². The molecule has 12 heavy (non-hydrogen) atoms. The average molecular weight is 168 g/mol. The second-order valence-electron chi connectivity index (χ2n) is 3.50. The van der Waals surface area contributed by atoms with E-state index in [-0.39, 0.29) is 5.60 Å². The summed E-state index contributed by atoms with van der Waals surface area (Å²) in [6.07, 6.45) is 0. The quantitative estimate of drug-likeness (QED) is 0.546. The van der Waals surface area contributed by atoms with Crippen LogP contribution in [0, 0.1) is 0 Å². The van der Waals surface area contributed by atoms with Crippen molar-refractivity contribution in [2.24, 2.45) is 0 Å². The predicted octanol–water partition coefficient (Wildman–Crippen LogP) is 1.56. The highest BCUT2D eigenvalue weighted by molar-refractivity contribution is 5.13. The fourth-order valence-electron chi connectivity index (χ4n) is 1.16. The maximum Gasteiger partial charge on any atom is 0.201 e. The Morgan fingerprint density at radius 3 is 2.17 bits per heavy atom. The van der Waals surface area contributed by atoms with Gasteiger partial charge in [0.05, 0.1) is 5.70 Å². The van der Waals surface area contributed by atoms with Crippen molar-refractivity contribution in [3.05, 3.63) is 24.7 Å². The summed E-state index contributed by atoms with van der Waals surface area (Å²) in [5.41, 5.74) is 0.579. The van der Waals surface area contributed by atoms with E-state index in [1.807, 2.05) is 38.0 Å². The highest BCUT2D eigenvalue weighted by Gasteiger charge is 2.34. The molecule has 3 nitrogen and oxygen atoms in total. The summed E-state index contributed by atoms with van der Waals surface area (Å²) >= 11 is 0. The molecule has 0 aromatic carbocycles. The summed E-state index contributed by atoms with van der Waals surface area (Å²) in [7, 11) is 3.83. The van der Waals surface area contributed by atoms with Gasteiger partial charge in [0.25, 0.3) is 0 Å². The van der Waals surface area contributed by atoms with Crippen LogP contribution in [0.4, 0.5) is 0 Å². The first-order chi connectivity index (χ1) is 5.36. The van der Waals surface area contributed by atoms with E-state index in [0.29, 0.717) is 5.88 Å². The molecule has 0 radical (unpaired) electrons. The van der Waals surface area contributed by atoms with Crippen LogP contribution < -0.4 is 0 Å². The first kappa shape index (κ1) is 8.97. The van der Waals surface area contributed by atoms with E-state index in [1.54, 1.807) is 0 Å². The number of hydrogen-bond donors (Lipinski definition) is 0. The second kappa shape index (κ2) is 2.44. The van der Waals surface area contributed by atoms with Crippen molar-refractivity contribution in [2.75, 3.05) is 14.1 Å². The number of hydrogen-bond acceptors (Lipinski definition) is 3. The molecule has 0 N–H and O–H groups in total. The Bertz CT molecular complexity index is 233. The van der Waals surface area contributed by atoms with Gasteiger partial charge >= 0.3 is 0 Å². The van der Waals surface area contributed by atoms with Crippen LogP contribution in [0.5, 0.6) is 0 Å². The first-order valence-corrected chi connectivity index (χ1v) is 3.91. The third-order valence-electron chi connectivity index (χ3n) is 2.27. The van der Waals surface area contributed by atoms with Crippen LogP contribution in [0.1, 0.15) is 13.8 Å². The third-order valence-corrected chi connectivity index (χ3v) is 2.27. The van der Waals surface area contributed by atoms with Crippen molar-refractivity contribution in [3.8, 4) is 0 Å². The molecule has 0 spiro atoms. The minimum atomic E-state index is -0.349. The van der Waals surface area contributed by atoms with E-state index in [1.165, 1.54) is 0 Å². The van der Waals surface area contributed by atoms with Gasteiger partial charge in [0.1, 0.15) is 5.60 Å². The van der Waals surface area contributed by atoms with E-state index in [0.717, 1.165) is 5.70 Å². The first-order valence-electron chi connectivity index (χ1n) is 3.91. The van der Waals surface area contributed by atoms with E-state index in [9.17, 15) is 0 Å². The number of rotatable bonds is 0. The predicted molar refractivity (Wildman–Crippen MR) is 49.0 cm³/mol. The molecule has 0 aromatic heterocycles. The number of likely N-dealkylation sites (N-methyl/N-ethyl adjacent to an activating group) is 1. The van der Waals surface area contributed by atoms with Gasteiger partial charge in [-0.1, -0.05) is 6.58 Å². The maximum atomic E-state index is 5.56. The van der Waals surface area contributed by atoms with E-state index in [2.05, 4.69) is 13.2 Å². The molecular formula is C9H16N2O. The van der Waals surface area contributed by atoms with Crippen LogP contribution in [0.25, 0.3) is 0 Å². The Balaban J connectivity index is 2.93. The Morgan fingerprint density at radius 1 is 1.17 bits per heavy atom. The smallest absolute Gasteiger partial charge is 0.201 e. The molecule has 68 valence electrons. The minimum Gasteiger partial charge on any atom is -0.466 e. The lowest BCUT2D eigenvalue weighted by atomic mass is 10.1. The Labute approximate surface area is 73.9 Å². The molecule has 0 unspecified atom stereocenters. The van der Waals surface area contributed by atoms with Crippen LogP contribution >= 0.6 is 0 Å². The molecule has 1 heterocycles. The fraction of sp³-hybridized carbons (Fsp3) is 0.556. The average Bonchev–Trinajstić information content (AvgIpc) is 1.97. The molecule has 1 rings (SSSR count). The number of ether oxygens (including phenoxy) is 1. The number of nitrogens with zero attached hydrogens (tertiary/aromatic N) is 2. The summed E-state index contributed by atoms with van der Waals surface area (Å²) in [6.45, 7) is 11.7. The molecule has 1 aliphatic heterocycles. The van der Waals surface area contributed by atoms with E-state index >= 15 is 0 Å². The molecular weight excluding hydrogens is 152 g/mol. The monoisotopic (exact) mass is 168 g/mol. The Morgan fingerprint density at radius 2 is 1.67 bits per heavy atom. The number of hydrazine groups is 1. The second-order valence-corrected chi connectivity index (χ2v) is 3.50. The third kappa shape index (κ3) is 1.15. The summed E-state index contributed by atoms with van der Waals surface area (Å²) in [4.78, 5) is 0. The molecule has 0 saturated carbocycles. The molecule has 0 aliphatic carbocycles. The van der Waals surface area contributed by atoms with Gasteiger partial charge < -0.3 is 4.74 Å². The van der Waals surface area contributed by atoms with Crippen molar-refractivity contribution in [1.82, 2.24) is 10.0 Å². The summed E-state index contributed by atoms with van der Waals surface area (Å²) in [5.74, 6) is 0.648. The van der Waals surface area contributed by atoms with Crippen LogP contribution in [0.3, 0.4) is 0 Å². The van der Waals surface area contributed by atoms with Gasteiger partial charge in [-0.05, 0) is 20.4 Å². The van der Waals surface area contributed by atoms with Gasteiger partial charge in [0, 0.05) is 14.1 Å². The zero-order chi connectivity index (χ0) is 9.52. The zero-order valence-electron chi connectivity index (χ0n) is 8.22. The highest BCUT2D eigenvalue weighted by Crippen LogP contribution is 2.31. The topological polar surface area (TPSA) is 15.7 Å². The summed E-state index contributed by atoms with van der Waals surface area (Å²) < 4.78 is 5.56. The minimum absolute atomic E-state index is 0.349. The van der Waals surface area contributed by atoms with E-state index in [4.69, 9.17) is 4.74 Å². The molecule has 0 atom stereocenters. The summed E-state index contributed by atoms with van der Waals surface area (Å²) in [5, 5.41) is 3.76. The molecule has 1 fully saturated rings. The lowest BCUT2D eigenvalue weighted by Crippen LogP contribution is -2.49. The maximum absolute atomic E-state index is 5.56. The standard InChI is InChI=1S/C9H16N2O/c1-7-9(3,4)12-8(2)11(6)10(7)5/h1-2H2,3-6H3. The van der Waals surface area contributed by atoms with Crippen molar-refractivity contribution >= 4 is 0 Å². The Kier molecular flexibility index (Phi) is 1.82. The summed E-state index contributed by atoms with van der Waals surface area (Å²) in [6, 6.07) is 0. The molecule has 1 saturated heterocycles. The van der Waals surface area contributed by atoms with Crippen molar-refractivity contribution in [1.29, 1.82) is 0 Å². The van der Waals surface area contributed by atoms with Gasteiger partial charge in [-0.25, -0.2) is 0 Å². The molecule has 0 amide bonds. The van der Waals surface area contributed by atoms with Gasteiger partial charge in [0.15, 0.2) is 0 Å². The molecule has 0 aromatic rings. The van der Waals surface area contributed by atoms with E-state index < -0.39 is 0 Å². The molecule has 3 heteroatoms. The van der Waals surface area contributed by atoms with Gasteiger partial charge in [-0.3, -0.25) is 10.0 Å². The molecule has 1 aliphatic rings. The molecule has 0 bridgehead atoms. The largest absolute Gasteiger partial charge is 0.466 e. The lowest BCUT2D eigenvalue weighted by molar-refractivity contribution is -0.108. The SMILES string of the molecule is C=C1OC(C)(C)C(=C)N(C)N1C. The lowest BCUT2D eigenvalue weighted by Gasteiger charge is -2.46. The highest BCUT2D eigenvalue weighted by atomic mass is 16.5.